The van der Waals surface area contributed by atoms with E-state index in [1.54, 1.807) is 0 Å². The molecule has 144 valence electrons. The van der Waals surface area contributed by atoms with Crippen molar-refractivity contribution in [2.45, 2.75) is 26.3 Å². The Morgan fingerprint density at radius 3 is 2.74 bits per heavy atom. The first-order valence-corrected chi connectivity index (χ1v) is 10.1. The highest BCUT2D eigenvalue weighted by Gasteiger charge is 2.30. The minimum Gasteiger partial charge on any atom is -0.361 e. The number of aromatic amines is 1. The van der Waals surface area contributed by atoms with Crippen molar-refractivity contribution in [3.63, 3.8) is 0 Å². The van der Waals surface area contributed by atoms with E-state index in [0.717, 1.165) is 56.2 Å². The molecule has 2 amide bonds. The van der Waals surface area contributed by atoms with Gasteiger partial charge in [-0.05, 0) is 38.0 Å². The second kappa shape index (κ2) is 7.56. The van der Waals surface area contributed by atoms with E-state index in [-0.39, 0.29) is 12.1 Å². The van der Waals surface area contributed by atoms with Crippen LogP contribution in [0.2, 0.25) is 5.02 Å². The van der Waals surface area contributed by atoms with Crippen molar-refractivity contribution in [2.24, 2.45) is 0 Å². The smallest absolute Gasteiger partial charge is 0.320 e. The molecule has 5 nitrogen and oxygen atoms in total. The molecule has 6 heteroatoms. The van der Waals surface area contributed by atoms with E-state index in [9.17, 15) is 4.79 Å². The third-order valence-corrected chi connectivity index (χ3v) is 5.95. The number of halogens is 1. The summed E-state index contributed by atoms with van der Waals surface area (Å²) in [6, 6.07) is 6.49. The number of nitrogens with one attached hydrogen (secondary N) is 1. The quantitative estimate of drug-likeness (QED) is 0.842. The van der Waals surface area contributed by atoms with E-state index < -0.39 is 0 Å². The number of carbonyl (C=O) groups is 1. The van der Waals surface area contributed by atoms with E-state index in [1.807, 2.05) is 21.9 Å². The van der Waals surface area contributed by atoms with Crippen molar-refractivity contribution < 1.29 is 4.79 Å². The van der Waals surface area contributed by atoms with E-state index in [1.165, 1.54) is 16.5 Å². The van der Waals surface area contributed by atoms with Crippen molar-refractivity contribution >= 4 is 34.1 Å². The maximum absolute atomic E-state index is 12.4. The molecule has 2 aromatic rings. The van der Waals surface area contributed by atoms with Crippen LogP contribution in [0.5, 0.6) is 0 Å². The van der Waals surface area contributed by atoms with E-state index in [0.29, 0.717) is 0 Å². The Morgan fingerprint density at radius 2 is 2.04 bits per heavy atom. The fraction of sp³-hybridized carbons (Fsp3) is 0.476. The number of nitrogens with zero attached hydrogens (tertiary/aromatic N) is 3. The molecule has 1 aromatic heterocycles. The Hall–Kier alpha value is -1.98. The Labute approximate surface area is 165 Å². The molecule has 0 atom stereocenters. The number of benzene rings is 1. The van der Waals surface area contributed by atoms with Gasteiger partial charge < -0.3 is 14.8 Å². The summed E-state index contributed by atoms with van der Waals surface area (Å²) in [4.78, 5) is 22.1. The molecular formula is C21H27ClN4O. The van der Waals surface area contributed by atoms with Crippen molar-refractivity contribution in [1.29, 1.82) is 0 Å². The lowest BCUT2D eigenvalue weighted by atomic mass is 9.99. The normalized spacial score (nSPS) is 18.8. The number of amides is 2. The Bertz CT molecular complexity index is 872. The van der Waals surface area contributed by atoms with Crippen LogP contribution in [0.1, 0.15) is 25.8 Å². The predicted octanol–water partition coefficient (Wildman–Crippen LogP) is 4.06. The van der Waals surface area contributed by atoms with Gasteiger partial charge in [0.2, 0.25) is 0 Å². The van der Waals surface area contributed by atoms with Gasteiger partial charge in [0.25, 0.3) is 0 Å². The molecule has 1 fully saturated rings. The van der Waals surface area contributed by atoms with Crippen LogP contribution in [0.4, 0.5) is 4.79 Å². The topological polar surface area (TPSA) is 42.6 Å². The zero-order valence-electron chi connectivity index (χ0n) is 16.0. The lowest BCUT2D eigenvalue weighted by molar-refractivity contribution is 0.176. The number of rotatable bonds is 5. The third-order valence-electron chi connectivity index (χ3n) is 5.72. The summed E-state index contributed by atoms with van der Waals surface area (Å²) in [6.45, 7) is 9.58. The summed E-state index contributed by atoms with van der Waals surface area (Å²) in [7, 11) is 0. The number of urea groups is 1. The van der Waals surface area contributed by atoms with Crippen molar-refractivity contribution in [3.8, 4) is 0 Å². The van der Waals surface area contributed by atoms with Crippen LogP contribution in [0.3, 0.4) is 0 Å². The summed E-state index contributed by atoms with van der Waals surface area (Å²) >= 11 is 6.09. The SMILES string of the molecule is CC(C)N1CCN(CCN2CC=C(c3c[nH]c4cc(Cl)ccc34)CC2)C1=O. The first-order valence-electron chi connectivity index (χ1n) is 9.77. The average Bonchev–Trinajstić information content (AvgIpc) is 3.23. The number of fused-ring (bicyclic) bond motifs is 1. The van der Waals surface area contributed by atoms with Crippen LogP contribution in [0.25, 0.3) is 16.5 Å². The summed E-state index contributed by atoms with van der Waals surface area (Å²) in [5.41, 5.74) is 3.76. The molecule has 1 saturated heterocycles. The van der Waals surface area contributed by atoms with Crippen molar-refractivity contribution in [1.82, 2.24) is 19.7 Å². The second-order valence-corrected chi connectivity index (χ2v) is 8.17. The predicted molar refractivity (Wildman–Crippen MR) is 111 cm³/mol. The second-order valence-electron chi connectivity index (χ2n) is 7.73. The molecule has 1 aromatic carbocycles. The molecule has 2 aliphatic rings. The number of hydrogen-bond donors (Lipinski definition) is 1. The van der Waals surface area contributed by atoms with Crippen LogP contribution >= 0.6 is 11.6 Å². The molecule has 2 aliphatic heterocycles. The van der Waals surface area contributed by atoms with Crippen molar-refractivity contribution in [2.75, 3.05) is 39.3 Å². The highest BCUT2D eigenvalue weighted by atomic mass is 35.5. The van der Waals surface area contributed by atoms with E-state index >= 15 is 0 Å². The zero-order chi connectivity index (χ0) is 19.0. The van der Waals surface area contributed by atoms with E-state index in [2.05, 4.69) is 42.1 Å². The Balaban J connectivity index is 1.35. The van der Waals surface area contributed by atoms with Crippen LogP contribution in [0, 0.1) is 0 Å². The van der Waals surface area contributed by atoms with E-state index in [4.69, 9.17) is 11.6 Å². The molecule has 0 bridgehead atoms. The van der Waals surface area contributed by atoms with Gasteiger partial charge in [-0.25, -0.2) is 4.79 Å². The summed E-state index contributed by atoms with van der Waals surface area (Å²) in [5.74, 6) is 0. The molecule has 0 aliphatic carbocycles. The molecule has 0 unspecified atom stereocenters. The maximum atomic E-state index is 12.4. The lowest BCUT2D eigenvalue weighted by Crippen LogP contribution is -2.40. The number of hydrogen-bond acceptors (Lipinski definition) is 2. The fourth-order valence-electron chi connectivity index (χ4n) is 4.07. The van der Waals surface area contributed by atoms with Crippen LogP contribution in [0.15, 0.2) is 30.5 Å². The first-order chi connectivity index (χ1) is 13.0. The molecular weight excluding hydrogens is 360 g/mol. The fourth-order valence-corrected chi connectivity index (χ4v) is 4.25. The van der Waals surface area contributed by atoms with Gasteiger partial charge in [0.1, 0.15) is 0 Å². The van der Waals surface area contributed by atoms with Crippen molar-refractivity contribution in [3.05, 3.63) is 41.1 Å². The third kappa shape index (κ3) is 3.71. The van der Waals surface area contributed by atoms with Crippen LogP contribution < -0.4 is 0 Å². The summed E-state index contributed by atoms with van der Waals surface area (Å²) < 4.78 is 0. The van der Waals surface area contributed by atoms with Gasteiger partial charge in [0, 0.05) is 73.0 Å². The molecule has 27 heavy (non-hydrogen) atoms. The number of carbonyl (C=O) groups excluding carboxylic acids is 1. The van der Waals surface area contributed by atoms with Gasteiger partial charge in [-0.3, -0.25) is 4.90 Å². The van der Waals surface area contributed by atoms with Gasteiger partial charge in [0.15, 0.2) is 0 Å². The minimum atomic E-state index is 0.190. The van der Waals surface area contributed by atoms with Gasteiger partial charge in [-0.15, -0.1) is 0 Å². The molecule has 0 spiro atoms. The minimum absolute atomic E-state index is 0.190. The Kier molecular flexibility index (Phi) is 5.15. The molecule has 4 rings (SSSR count). The zero-order valence-corrected chi connectivity index (χ0v) is 16.8. The lowest BCUT2D eigenvalue weighted by Gasteiger charge is -2.28. The van der Waals surface area contributed by atoms with Gasteiger partial charge in [-0.1, -0.05) is 23.7 Å². The molecule has 0 radical (unpaired) electrons. The van der Waals surface area contributed by atoms with Gasteiger partial charge in [0.05, 0.1) is 0 Å². The summed E-state index contributed by atoms with van der Waals surface area (Å²) in [6.07, 6.45) is 5.44. The molecule has 3 heterocycles. The number of aromatic nitrogens is 1. The van der Waals surface area contributed by atoms with Gasteiger partial charge >= 0.3 is 6.03 Å². The average molecular weight is 387 g/mol. The largest absolute Gasteiger partial charge is 0.361 e. The van der Waals surface area contributed by atoms with Crippen LogP contribution in [-0.4, -0.2) is 71.0 Å². The highest BCUT2D eigenvalue weighted by Crippen LogP contribution is 2.30. The highest BCUT2D eigenvalue weighted by molar-refractivity contribution is 6.31. The first kappa shape index (κ1) is 18.4. The maximum Gasteiger partial charge on any atom is 0.320 e. The Morgan fingerprint density at radius 1 is 1.19 bits per heavy atom. The monoisotopic (exact) mass is 386 g/mol. The van der Waals surface area contributed by atoms with Crippen LogP contribution in [-0.2, 0) is 0 Å². The number of H-pyrrole nitrogens is 1. The summed E-state index contributed by atoms with van der Waals surface area (Å²) in [5, 5.41) is 1.99. The molecule has 1 N–H and O–H groups in total. The van der Waals surface area contributed by atoms with Gasteiger partial charge in [-0.2, -0.15) is 0 Å². The molecule has 0 saturated carbocycles. The standard InChI is InChI=1S/C21H27ClN4O/c1-15(2)26-12-11-25(21(26)27)10-9-24-7-5-16(6-8-24)19-14-23-20-13-17(22)3-4-18(19)20/h3-5,13-15,23H,6-12H2,1-2H3.